The molecule has 88 valence electrons. The maximum absolute atomic E-state index is 11.7. The first-order valence-electron chi connectivity index (χ1n) is 5.10. The molecular weight excluding hydrogens is 228 g/mol. The van der Waals surface area contributed by atoms with Crippen LogP contribution in [-0.4, -0.2) is 22.8 Å². The first-order valence-corrected chi connectivity index (χ1v) is 5.64. The number of pyridine rings is 1. The highest BCUT2D eigenvalue weighted by Gasteiger charge is 2.12. The number of hydrogen-bond donors (Lipinski definition) is 2. The van der Waals surface area contributed by atoms with E-state index in [1.165, 1.54) is 12.3 Å². The van der Waals surface area contributed by atoms with Gasteiger partial charge in [0.1, 0.15) is 5.56 Å². The van der Waals surface area contributed by atoms with E-state index in [-0.39, 0.29) is 22.9 Å². The highest BCUT2D eigenvalue weighted by Crippen LogP contribution is 1.97. The largest absolute Gasteiger partial charge is 0.364 e. The number of rotatable bonds is 4. The molecule has 0 aliphatic rings. The zero-order valence-electron chi connectivity index (χ0n) is 9.34. The van der Waals surface area contributed by atoms with Crippen molar-refractivity contribution in [3.63, 3.8) is 0 Å². The van der Waals surface area contributed by atoms with Crippen LogP contribution < -0.4 is 10.7 Å². The Labute approximate surface area is 99.0 Å². The number of carbonyl (C=O) groups excluding carboxylic acids is 1. The van der Waals surface area contributed by atoms with Crippen LogP contribution in [0.4, 0.5) is 0 Å². The lowest BCUT2D eigenvalue weighted by molar-refractivity contribution is 0.0938. The van der Waals surface area contributed by atoms with E-state index in [9.17, 15) is 9.59 Å². The molecule has 2 N–H and O–H groups in total. The summed E-state index contributed by atoms with van der Waals surface area (Å²) < 4.78 is 0. The maximum atomic E-state index is 11.7. The summed E-state index contributed by atoms with van der Waals surface area (Å²) in [5.74, 6) is 0.116. The molecule has 0 radical (unpaired) electrons. The van der Waals surface area contributed by atoms with Gasteiger partial charge in [0.05, 0.1) is 0 Å². The molecule has 1 aromatic heterocycles. The third-order valence-corrected chi connectivity index (χ3v) is 2.44. The van der Waals surface area contributed by atoms with Crippen LogP contribution in [0.3, 0.4) is 0 Å². The molecule has 1 atom stereocenters. The Morgan fingerprint density at radius 2 is 2.31 bits per heavy atom. The topological polar surface area (TPSA) is 62.0 Å². The van der Waals surface area contributed by atoms with Crippen LogP contribution in [0.15, 0.2) is 17.1 Å². The summed E-state index contributed by atoms with van der Waals surface area (Å²) in [6.07, 6.45) is 2.11. The van der Waals surface area contributed by atoms with Crippen molar-refractivity contribution in [2.75, 3.05) is 5.88 Å². The van der Waals surface area contributed by atoms with Crippen molar-refractivity contribution >= 4 is 17.5 Å². The quantitative estimate of drug-likeness (QED) is 0.785. The smallest absolute Gasteiger partial charge is 0.256 e. The lowest BCUT2D eigenvalue weighted by atomic mass is 10.2. The fourth-order valence-corrected chi connectivity index (χ4v) is 1.62. The van der Waals surface area contributed by atoms with E-state index >= 15 is 0 Å². The van der Waals surface area contributed by atoms with Gasteiger partial charge in [0, 0.05) is 29.9 Å². The molecule has 0 aromatic carbocycles. The molecule has 0 bridgehead atoms. The minimum absolute atomic E-state index is 0.0364. The second-order valence-electron chi connectivity index (χ2n) is 3.75. The van der Waals surface area contributed by atoms with Crippen LogP contribution in [0.1, 0.15) is 29.4 Å². The van der Waals surface area contributed by atoms with Gasteiger partial charge < -0.3 is 10.3 Å². The fourth-order valence-electron chi connectivity index (χ4n) is 1.29. The summed E-state index contributed by atoms with van der Waals surface area (Å²) in [5.41, 5.74) is 0.592. The summed E-state index contributed by atoms with van der Waals surface area (Å²) >= 11 is 5.56. The molecule has 4 nitrogen and oxygen atoms in total. The molecule has 0 fully saturated rings. The molecule has 1 unspecified atom stereocenters. The third kappa shape index (κ3) is 3.38. The summed E-state index contributed by atoms with van der Waals surface area (Å²) in [5, 5.41) is 2.71. The van der Waals surface area contributed by atoms with E-state index in [1.54, 1.807) is 6.92 Å². The number of nitrogens with one attached hydrogen (secondary N) is 2. The van der Waals surface area contributed by atoms with Crippen LogP contribution in [0.5, 0.6) is 0 Å². The van der Waals surface area contributed by atoms with Crippen molar-refractivity contribution in [2.45, 2.75) is 26.3 Å². The van der Waals surface area contributed by atoms with Gasteiger partial charge in [0.25, 0.3) is 5.91 Å². The number of halogens is 1. The highest BCUT2D eigenvalue weighted by molar-refractivity contribution is 6.17. The highest BCUT2D eigenvalue weighted by atomic mass is 35.5. The number of amides is 1. The molecule has 0 aliphatic carbocycles. The van der Waals surface area contributed by atoms with E-state index < -0.39 is 0 Å². The normalized spacial score (nSPS) is 12.2. The molecule has 16 heavy (non-hydrogen) atoms. The number of aromatic nitrogens is 1. The fraction of sp³-hybridized carbons (Fsp3) is 0.455. The first-order chi connectivity index (χ1) is 7.54. The lowest BCUT2D eigenvalue weighted by Crippen LogP contribution is -2.35. The Kier molecular flexibility index (Phi) is 4.55. The molecule has 1 rings (SSSR count). The lowest BCUT2D eigenvalue weighted by Gasteiger charge is -2.11. The van der Waals surface area contributed by atoms with E-state index in [0.717, 1.165) is 5.69 Å². The summed E-state index contributed by atoms with van der Waals surface area (Å²) in [6, 6.07) is 1.37. The van der Waals surface area contributed by atoms with Crippen LogP contribution in [0.2, 0.25) is 0 Å². The van der Waals surface area contributed by atoms with Crippen molar-refractivity contribution in [1.82, 2.24) is 10.3 Å². The molecule has 0 saturated carbocycles. The predicted molar refractivity (Wildman–Crippen MR) is 64.1 cm³/mol. The molecule has 1 aromatic rings. The average Bonchev–Trinajstić information content (AvgIpc) is 2.17. The summed E-state index contributed by atoms with van der Waals surface area (Å²) in [4.78, 5) is 26.0. The second kappa shape index (κ2) is 5.70. The average molecular weight is 243 g/mol. The van der Waals surface area contributed by atoms with Crippen LogP contribution >= 0.6 is 11.6 Å². The van der Waals surface area contributed by atoms with Crippen molar-refractivity contribution in [3.8, 4) is 0 Å². The number of carbonyl (C=O) groups is 1. The van der Waals surface area contributed by atoms with Crippen molar-refractivity contribution in [2.24, 2.45) is 0 Å². The van der Waals surface area contributed by atoms with Gasteiger partial charge in [-0.15, -0.1) is 11.6 Å². The third-order valence-electron chi connectivity index (χ3n) is 2.22. The Morgan fingerprint density at radius 1 is 1.62 bits per heavy atom. The van der Waals surface area contributed by atoms with Gasteiger partial charge in [-0.3, -0.25) is 9.59 Å². The number of aryl methyl sites for hydroxylation is 1. The summed E-state index contributed by atoms with van der Waals surface area (Å²) in [6.45, 7) is 3.61. The van der Waals surface area contributed by atoms with Crippen molar-refractivity contribution in [3.05, 3.63) is 33.7 Å². The van der Waals surface area contributed by atoms with Gasteiger partial charge in [0.2, 0.25) is 0 Å². The minimum atomic E-state index is -0.362. The molecule has 0 spiro atoms. The van der Waals surface area contributed by atoms with Crippen LogP contribution in [-0.2, 0) is 0 Å². The molecule has 1 amide bonds. The van der Waals surface area contributed by atoms with E-state index in [4.69, 9.17) is 11.6 Å². The minimum Gasteiger partial charge on any atom is -0.364 e. The zero-order chi connectivity index (χ0) is 12.1. The Morgan fingerprint density at radius 3 is 2.88 bits per heavy atom. The van der Waals surface area contributed by atoms with Gasteiger partial charge in [-0.2, -0.15) is 0 Å². The maximum Gasteiger partial charge on any atom is 0.256 e. The first kappa shape index (κ1) is 12.8. The van der Waals surface area contributed by atoms with Gasteiger partial charge in [-0.25, -0.2) is 0 Å². The Bertz CT molecular complexity index is 428. The number of H-pyrrole nitrogens is 1. The van der Waals surface area contributed by atoms with Crippen LogP contribution in [0.25, 0.3) is 0 Å². The van der Waals surface area contributed by atoms with Gasteiger partial charge in [-0.05, 0) is 20.3 Å². The van der Waals surface area contributed by atoms with Gasteiger partial charge in [-0.1, -0.05) is 0 Å². The zero-order valence-corrected chi connectivity index (χ0v) is 10.1. The van der Waals surface area contributed by atoms with Crippen LogP contribution in [0, 0.1) is 6.92 Å². The van der Waals surface area contributed by atoms with Crippen molar-refractivity contribution < 1.29 is 4.79 Å². The van der Waals surface area contributed by atoms with E-state index in [2.05, 4.69) is 10.3 Å². The molecule has 0 aliphatic heterocycles. The SMILES string of the molecule is Cc1cc(=O)c(C(=O)NC(C)CCCl)c[nH]1. The monoisotopic (exact) mass is 242 g/mol. The van der Waals surface area contributed by atoms with Gasteiger partial charge in [0.15, 0.2) is 5.43 Å². The van der Waals surface area contributed by atoms with Crippen molar-refractivity contribution in [1.29, 1.82) is 0 Å². The number of aromatic amines is 1. The summed E-state index contributed by atoms with van der Waals surface area (Å²) in [7, 11) is 0. The molecular formula is C11H15ClN2O2. The molecule has 1 heterocycles. The standard InChI is InChI=1S/C11H15ClN2O2/c1-7(3-4-12)14-11(16)9-6-13-8(2)5-10(9)15/h5-7H,3-4H2,1-2H3,(H,13,15)(H,14,16). The van der Waals surface area contributed by atoms with E-state index in [0.29, 0.717) is 12.3 Å². The molecule has 0 saturated heterocycles. The second-order valence-corrected chi connectivity index (χ2v) is 4.12. The van der Waals surface area contributed by atoms with Gasteiger partial charge >= 0.3 is 0 Å². The van der Waals surface area contributed by atoms with E-state index in [1.807, 2.05) is 6.92 Å². The number of alkyl halides is 1. The Balaban J connectivity index is 2.77. The molecule has 5 heteroatoms. The predicted octanol–water partition coefficient (Wildman–Crippen LogP) is 1.43. The Hall–Kier alpha value is -1.29. The number of hydrogen-bond acceptors (Lipinski definition) is 2.